The molecule has 2 atom stereocenters. The average molecular weight is 398 g/mol. The van der Waals surface area contributed by atoms with E-state index in [-0.39, 0.29) is 17.8 Å². The van der Waals surface area contributed by atoms with E-state index in [0.717, 1.165) is 64.6 Å². The summed E-state index contributed by atoms with van der Waals surface area (Å²) in [5.41, 5.74) is 0.605. The second-order valence-electron chi connectivity index (χ2n) is 7.21. The molecule has 1 aliphatic heterocycles. The lowest BCUT2D eigenvalue weighted by atomic mass is 10.0. The van der Waals surface area contributed by atoms with Gasteiger partial charge in [-0.3, -0.25) is 4.99 Å². The molecule has 2 N–H and O–H groups in total. The van der Waals surface area contributed by atoms with Crippen molar-refractivity contribution in [1.29, 1.82) is 0 Å². The summed E-state index contributed by atoms with van der Waals surface area (Å²) < 4.78 is 25.1. The molecule has 27 heavy (non-hydrogen) atoms. The van der Waals surface area contributed by atoms with E-state index < -0.39 is 0 Å². The molecule has 0 aromatic heterocycles. The zero-order chi connectivity index (χ0) is 19.1. The van der Waals surface area contributed by atoms with Crippen molar-refractivity contribution in [3.8, 4) is 0 Å². The molecule has 0 amide bonds. The molecule has 1 aromatic rings. The highest BCUT2D eigenvalue weighted by molar-refractivity contribution is 6.31. The van der Waals surface area contributed by atoms with Crippen molar-refractivity contribution in [3.05, 3.63) is 34.6 Å². The largest absolute Gasteiger partial charge is 0.381 e. The summed E-state index contributed by atoms with van der Waals surface area (Å²) in [5.74, 6) is 1.24. The van der Waals surface area contributed by atoms with Crippen LogP contribution in [0.15, 0.2) is 23.2 Å². The minimum absolute atomic E-state index is 0.0973. The molecule has 2 unspecified atom stereocenters. The fourth-order valence-corrected chi connectivity index (χ4v) is 3.76. The summed E-state index contributed by atoms with van der Waals surface area (Å²) in [7, 11) is 1.74. The minimum atomic E-state index is -0.235. The van der Waals surface area contributed by atoms with E-state index in [1.807, 2.05) is 0 Å². The lowest BCUT2D eigenvalue weighted by Gasteiger charge is -2.21. The Hall–Kier alpha value is -1.37. The predicted octanol–water partition coefficient (Wildman–Crippen LogP) is 3.33. The van der Waals surface area contributed by atoms with Crippen molar-refractivity contribution in [2.24, 2.45) is 10.9 Å². The number of hydrogen-bond donors (Lipinski definition) is 2. The Morgan fingerprint density at radius 2 is 2.19 bits per heavy atom. The van der Waals surface area contributed by atoms with Gasteiger partial charge in [-0.2, -0.15) is 0 Å². The molecule has 2 aliphatic rings. The number of rotatable bonds is 8. The van der Waals surface area contributed by atoms with Crippen LogP contribution in [0.25, 0.3) is 0 Å². The molecular formula is C20H29ClFN3O2. The number of aliphatic imine (C=N–C) groups is 1. The summed E-state index contributed by atoms with van der Waals surface area (Å²) in [6.07, 6.45) is 3.97. The molecule has 1 saturated heterocycles. The van der Waals surface area contributed by atoms with Crippen LogP contribution in [0.2, 0.25) is 5.02 Å². The maximum Gasteiger partial charge on any atom is 0.191 e. The summed E-state index contributed by atoms with van der Waals surface area (Å²) in [6, 6.07) is 5.00. The van der Waals surface area contributed by atoms with Crippen LogP contribution in [-0.2, 0) is 9.47 Å². The van der Waals surface area contributed by atoms with Crippen molar-refractivity contribution < 1.29 is 13.9 Å². The highest BCUT2D eigenvalue weighted by Crippen LogP contribution is 2.44. The average Bonchev–Trinajstić information content (AvgIpc) is 3.42. The van der Waals surface area contributed by atoms with Crippen molar-refractivity contribution in [1.82, 2.24) is 10.6 Å². The Morgan fingerprint density at radius 1 is 1.37 bits per heavy atom. The van der Waals surface area contributed by atoms with Gasteiger partial charge in [0, 0.05) is 62.6 Å². The highest BCUT2D eigenvalue weighted by atomic mass is 35.5. The normalized spacial score (nSPS) is 23.3. The number of benzene rings is 1. The maximum atomic E-state index is 14.0. The summed E-state index contributed by atoms with van der Waals surface area (Å²) in [5, 5.41) is 7.13. The lowest BCUT2D eigenvalue weighted by Crippen LogP contribution is -2.39. The number of ether oxygens (including phenoxy) is 2. The van der Waals surface area contributed by atoms with Gasteiger partial charge in [0.2, 0.25) is 0 Å². The van der Waals surface area contributed by atoms with Gasteiger partial charge in [0.25, 0.3) is 0 Å². The van der Waals surface area contributed by atoms with Gasteiger partial charge in [-0.1, -0.05) is 17.7 Å². The van der Waals surface area contributed by atoms with E-state index in [4.69, 9.17) is 21.1 Å². The topological polar surface area (TPSA) is 54.9 Å². The second kappa shape index (κ2) is 10.2. The van der Waals surface area contributed by atoms with E-state index in [0.29, 0.717) is 16.5 Å². The number of nitrogens with zero attached hydrogens (tertiary/aromatic N) is 1. The second-order valence-corrected chi connectivity index (χ2v) is 7.62. The first-order chi connectivity index (χ1) is 13.2. The lowest BCUT2D eigenvalue weighted by molar-refractivity contribution is 0.0203. The number of halogens is 2. The first-order valence-corrected chi connectivity index (χ1v) is 10.1. The van der Waals surface area contributed by atoms with Crippen molar-refractivity contribution in [2.75, 3.05) is 40.0 Å². The quantitative estimate of drug-likeness (QED) is 0.401. The molecule has 0 spiro atoms. The summed E-state index contributed by atoms with van der Waals surface area (Å²) in [6.45, 7) is 4.06. The molecule has 3 rings (SSSR count). The standard InChI is InChI=1S/C20H29ClFN3O2/c1-23-20(24-8-3-9-27-13-14-6-10-26-11-7-14)25-18-12-15(18)19-16(21)4-2-5-17(19)22/h2,4-5,14-15,18H,3,6-13H2,1H3,(H2,23,24,25). The molecule has 1 aromatic carbocycles. The fourth-order valence-electron chi connectivity index (χ4n) is 3.45. The molecule has 5 nitrogen and oxygen atoms in total. The first kappa shape index (κ1) is 20.4. The Labute approximate surface area is 165 Å². The highest BCUT2D eigenvalue weighted by Gasteiger charge is 2.41. The van der Waals surface area contributed by atoms with E-state index >= 15 is 0 Å². The molecule has 1 saturated carbocycles. The monoisotopic (exact) mass is 397 g/mol. The van der Waals surface area contributed by atoms with Gasteiger partial charge >= 0.3 is 0 Å². The van der Waals surface area contributed by atoms with Gasteiger partial charge in [-0.05, 0) is 43.7 Å². The zero-order valence-corrected chi connectivity index (χ0v) is 16.6. The third kappa shape index (κ3) is 6.06. The third-order valence-corrected chi connectivity index (χ3v) is 5.49. The third-order valence-electron chi connectivity index (χ3n) is 5.16. The molecule has 1 aliphatic carbocycles. The van der Waals surface area contributed by atoms with Gasteiger partial charge in [-0.25, -0.2) is 4.39 Å². The minimum Gasteiger partial charge on any atom is -0.381 e. The van der Waals surface area contributed by atoms with Gasteiger partial charge in [0.05, 0.1) is 0 Å². The molecule has 0 radical (unpaired) electrons. The number of guanidine groups is 1. The van der Waals surface area contributed by atoms with E-state index in [2.05, 4.69) is 15.6 Å². The summed E-state index contributed by atoms with van der Waals surface area (Å²) >= 11 is 6.15. The Balaban J connectivity index is 1.31. The van der Waals surface area contributed by atoms with Crippen molar-refractivity contribution in [2.45, 2.75) is 37.6 Å². The van der Waals surface area contributed by atoms with Gasteiger partial charge in [0.15, 0.2) is 5.96 Å². The van der Waals surface area contributed by atoms with Crippen LogP contribution < -0.4 is 10.6 Å². The van der Waals surface area contributed by atoms with Crippen molar-refractivity contribution in [3.63, 3.8) is 0 Å². The number of nitrogens with one attached hydrogen (secondary N) is 2. The van der Waals surface area contributed by atoms with Crippen LogP contribution in [0.4, 0.5) is 4.39 Å². The van der Waals surface area contributed by atoms with Crippen LogP contribution >= 0.6 is 11.6 Å². The molecular weight excluding hydrogens is 369 g/mol. The Morgan fingerprint density at radius 3 is 2.93 bits per heavy atom. The molecule has 150 valence electrons. The summed E-state index contributed by atoms with van der Waals surface area (Å²) in [4.78, 5) is 4.25. The van der Waals surface area contributed by atoms with Crippen LogP contribution in [0.1, 0.15) is 37.2 Å². The van der Waals surface area contributed by atoms with Gasteiger partial charge in [0.1, 0.15) is 5.82 Å². The van der Waals surface area contributed by atoms with Crippen LogP contribution in [0.3, 0.4) is 0 Å². The van der Waals surface area contributed by atoms with Crippen molar-refractivity contribution >= 4 is 17.6 Å². The number of hydrogen-bond acceptors (Lipinski definition) is 3. The fraction of sp³-hybridized carbons (Fsp3) is 0.650. The van der Waals surface area contributed by atoms with Gasteiger partial charge < -0.3 is 20.1 Å². The van der Waals surface area contributed by atoms with E-state index in [9.17, 15) is 4.39 Å². The van der Waals surface area contributed by atoms with Crippen LogP contribution in [0, 0.1) is 11.7 Å². The predicted molar refractivity (Wildman–Crippen MR) is 106 cm³/mol. The SMILES string of the molecule is CN=C(NCCCOCC1CCOCC1)NC1CC1c1c(F)cccc1Cl. The first-order valence-electron chi connectivity index (χ1n) is 9.75. The van der Waals surface area contributed by atoms with E-state index in [1.54, 1.807) is 19.2 Å². The van der Waals surface area contributed by atoms with E-state index in [1.165, 1.54) is 6.07 Å². The Bertz CT molecular complexity index is 617. The molecule has 2 fully saturated rings. The smallest absolute Gasteiger partial charge is 0.191 e. The molecule has 7 heteroatoms. The zero-order valence-electron chi connectivity index (χ0n) is 15.8. The van der Waals surface area contributed by atoms with Gasteiger partial charge in [-0.15, -0.1) is 0 Å². The maximum absolute atomic E-state index is 14.0. The van der Waals surface area contributed by atoms with Crippen LogP contribution in [-0.4, -0.2) is 52.0 Å². The molecule has 1 heterocycles. The van der Waals surface area contributed by atoms with Crippen LogP contribution in [0.5, 0.6) is 0 Å². The Kier molecular flexibility index (Phi) is 7.73. The molecule has 0 bridgehead atoms.